The van der Waals surface area contributed by atoms with Crippen LogP contribution in [0.5, 0.6) is 0 Å². The zero-order chi connectivity index (χ0) is 12.5. The van der Waals surface area contributed by atoms with E-state index >= 15 is 0 Å². The highest BCUT2D eigenvalue weighted by molar-refractivity contribution is 5.20. The van der Waals surface area contributed by atoms with Crippen molar-refractivity contribution in [2.45, 2.75) is 33.1 Å². The zero-order valence-electron chi connectivity index (χ0n) is 11.2. The van der Waals surface area contributed by atoms with Crippen molar-refractivity contribution in [2.24, 2.45) is 5.92 Å². The summed E-state index contributed by atoms with van der Waals surface area (Å²) in [6, 6.07) is 10.8. The van der Waals surface area contributed by atoms with Gasteiger partial charge in [0, 0.05) is 19.5 Å². The Labute approximate surface area is 106 Å². The highest BCUT2D eigenvalue weighted by atomic mass is 14.9. The van der Waals surface area contributed by atoms with E-state index in [1.807, 2.05) is 6.92 Å². The van der Waals surface area contributed by atoms with Crippen molar-refractivity contribution in [3.8, 4) is 11.8 Å². The lowest BCUT2D eigenvalue weighted by Gasteiger charge is -2.21. The number of nitrogens with one attached hydrogen (secondary N) is 1. The second-order valence-electron chi connectivity index (χ2n) is 4.64. The van der Waals surface area contributed by atoms with E-state index in [9.17, 15) is 0 Å². The van der Waals surface area contributed by atoms with E-state index in [4.69, 9.17) is 0 Å². The molecule has 17 heavy (non-hydrogen) atoms. The van der Waals surface area contributed by atoms with Crippen LogP contribution in [-0.4, -0.2) is 13.1 Å². The van der Waals surface area contributed by atoms with Crippen molar-refractivity contribution in [3.05, 3.63) is 35.9 Å². The maximum atomic E-state index is 3.50. The van der Waals surface area contributed by atoms with E-state index in [1.165, 1.54) is 5.56 Å². The second kappa shape index (κ2) is 7.92. The third kappa shape index (κ3) is 5.06. The highest BCUT2D eigenvalue weighted by Gasteiger charge is 2.14. The van der Waals surface area contributed by atoms with Crippen molar-refractivity contribution in [3.63, 3.8) is 0 Å². The van der Waals surface area contributed by atoms with Crippen LogP contribution in [0.1, 0.15) is 38.7 Å². The van der Waals surface area contributed by atoms with Crippen LogP contribution in [0.25, 0.3) is 0 Å². The van der Waals surface area contributed by atoms with E-state index in [2.05, 4.69) is 61.3 Å². The number of hydrogen-bond donors (Lipinski definition) is 1. The first kappa shape index (κ1) is 13.8. The van der Waals surface area contributed by atoms with Crippen LogP contribution in [0.15, 0.2) is 30.3 Å². The fraction of sp³-hybridized carbons (Fsp3) is 0.500. The average Bonchev–Trinajstić information content (AvgIpc) is 2.34. The van der Waals surface area contributed by atoms with Crippen LogP contribution < -0.4 is 5.32 Å². The fourth-order valence-electron chi connectivity index (χ4n) is 1.97. The topological polar surface area (TPSA) is 12.0 Å². The van der Waals surface area contributed by atoms with Gasteiger partial charge in [0.15, 0.2) is 0 Å². The van der Waals surface area contributed by atoms with Crippen molar-refractivity contribution in [2.75, 3.05) is 13.1 Å². The maximum Gasteiger partial charge on any atom is 0.0214 e. The van der Waals surface area contributed by atoms with Gasteiger partial charge in [0.2, 0.25) is 0 Å². The molecule has 0 bridgehead atoms. The molecular formula is C16H23N. The molecule has 92 valence electrons. The fourth-order valence-corrected chi connectivity index (χ4v) is 1.97. The molecule has 0 heterocycles. The van der Waals surface area contributed by atoms with E-state index in [1.54, 1.807) is 0 Å². The number of rotatable bonds is 6. The van der Waals surface area contributed by atoms with Gasteiger partial charge in [0.25, 0.3) is 0 Å². The van der Waals surface area contributed by atoms with Gasteiger partial charge in [-0.15, -0.1) is 11.8 Å². The standard InChI is InChI=1S/C16H23N/c1-4-5-9-12-17-13-16(14(2)3)15-10-7-6-8-11-15/h6-8,10-11,14,16-17H,9,12-13H2,1-3H3. The largest absolute Gasteiger partial charge is 0.315 e. The van der Waals surface area contributed by atoms with Gasteiger partial charge in [0.05, 0.1) is 0 Å². The molecule has 1 unspecified atom stereocenters. The summed E-state index contributed by atoms with van der Waals surface area (Å²) in [5.74, 6) is 7.24. The normalized spacial score (nSPS) is 12.0. The smallest absolute Gasteiger partial charge is 0.0214 e. The Morgan fingerprint density at radius 1 is 1.18 bits per heavy atom. The van der Waals surface area contributed by atoms with Crippen LogP contribution >= 0.6 is 0 Å². The molecule has 0 aromatic heterocycles. The Balaban J connectivity index is 2.47. The molecule has 0 radical (unpaired) electrons. The average molecular weight is 229 g/mol. The van der Waals surface area contributed by atoms with Crippen LogP contribution in [0.4, 0.5) is 0 Å². The predicted molar refractivity (Wildman–Crippen MR) is 75.0 cm³/mol. The molecule has 0 fully saturated rings. The van der Waals surface area contributed by atoms with Gasteiger partial charge in [0.1, 0.15) is 0 Å². The minimum atomic E-state index is 0.589. The SMILES string of the molecule is CC#CCCNCC(c1ccccc1)C(C)C. The zero-order valence-corrected chi connectivity index (χ0v) is 11.2. The van der Waals surface area contributed by atoms with Crippen molar-refractivity contribution in [1.29, 1.82) is 0 Å². The second-order valence-corrected chi connectivity index (χ2v) is 4.64. The Bertz CT molecular complexity index is 356. The minimum Gasteiger partial charge on any atom is -0.315 e. The summed E-state index contributed by atoms with van der Waals surface area (Å²) in [6.07, 6.45) is 0.941. The van der Waals surface area contributed by atoms with E-state index in [0.29, 0.717) is 11.8 Å². The van der Waals surface area contributed by atoms with Crippen LogP contribution in [0, 0.1) is 17.8 Å². The predicted octanol–water partition coefficient (Wildman–Crippen LogP) is 3.43. The molecule has 0 spiro atoms. The van der Waals surface area contributed by atoms with Gasteiger partial charge in [-0.1, -0.05) is 44.2 Å². The maximum absolute atomic E-state index is 3.50. The summed E-state index contributed by atoms with van der Waals surface area (Å²) in [6.45, 7) is 8.47. The molecule has 1 aromatic carbocycles. The Morgan fingerprint density at radius 3 is 2.47 bits per heavy atom. The van der Waals surface area contributed by atoms with Crippen molar-refractivity contribution in [1.82, 2.24) is 5.32 Å². The number of hydrogen-bond acceptors (Lipinski definition) is 1. The molecule has 0 aliphatic heterocycles. The summed E-state index contributed by atoms with van der Waals surface area (Å²) in [5, 5.41) is 3.50. The first-order valence-corrected chi connectivity index (χ1v) is 6.41. The monoisotopic (exact) mass is 229 g/mol. The van der Waals surface area contributed by atoms with E-state index in [-0.39, 0.29) is 0 Å². The first-order chi connectivity index (χ1) is 8.25. The van der Waals surface area contributed by atoms with E-state index in [0.717, 1.165) is 19.5 Å². The summed E-state index contributed by atoms with van der Waals surface area (Å²) in [7, 11) is 0. The Kier molecular flexibility index (Phi) is 6.43. The first-order valence-electron chi connectivity index (χ1n) is 6.41. The molecule has 0 aliphatic carbocycles. The van der Waals surface area contributed by atoms with Gasteiger partial charge < -0.3 is 5.32 Å². The van der Waals surface area contributed by atoms with Crippen LogP contribution in [-0.2, 0) is 0 Å². The lowest BCUT2D eigenvalue weighted by atomic mass is 9.88. The molecule has 0 saturated carbocycles. The van der Waals surface area contributed by atoms with Crippen LogP contribution in [0.3, 0.4) is 0 Å². The Hall–Kier alpha value is -1.26. The van der Waals surface area contributed by atoms with Gasteiger partial charge >= 0.3 is 0 Å². The third-order valence-corrected chi connectivity index (χ3v) is 3.00. The number of benzene rings is 1. The minimum absolute atomic E-state index is 0.589. The Morgan fingerprint density at radius 2 is 1.88 bits per heavy atom. The van der Waals surface area contributed by atoms with Gasteiger partial charge in [-0.2, -0.15) is 0 Å². The molecule has 1 N–H and O–H groups in total. The summed E-state index contributed by atoms with van der Waals surface area (Å²) in [4.78, 5) is 0. The molecule has 0 saturated heterocycles. The van der Waals surface area contributed by atoms with Gasteiger partial charge in [-0.05, 0) is 24.3 Å². The van der Waals surface area contributed by atoms with Gasteiger partial charge in [-0.3, -0.25) is 0 Å². The summed E-state index contributed by atoms with van der Waals surface area (Å²) >= 11 is 0. The quantitative estimate of drug-likeness (QED) is 0.582. The highest BCUT2D eigenvalue weighted by Crippen LogP contribution is 2.23. The molecular weight excluding hydrogens is 206 g/mol. The lowest BCUT2D eigenvalue weighted by molar-refractivity contribution is 0.464. The summed E-state index contributed by atoms with van der Waals surface area (Å²) in [5.41, 5.74) is 1.43. The molecule has 0 aliphatic rings. The molecule has 1 heteroatoms. The molecule has 1 atom stereocenters. The summed E-state index contributed by atoms with van der Waals surface area (Å²) < 4.78 is 0. The van der Waals surface area contributed by atoms with Crippen molar-refractivity contribution < 1.29 is 0 Å². The molecule has 1 nitrogen and oxygen atoms in total. The molecule has 0 amide bonds. The molecule has 1 aromatic rings. The lowest BCUT2D eigenvalue weighted by Crippen LogP contribution is -2.25. The van der Waals surface area contributed by atoms with Crippen LogP contribution in [0.2, 0.25) is 0 Å². The van der Waals surface area contributed by atoms with E-state index < -0.39 is 0 Å². The van der Waals surface area contributed by atoms with Gasteiger partial charge in [-0.25, -0.2) is 0 Å². The van der Waals surface area contributed by atoms with Crippen molar-refractivity contribution >= 4 is 0 Å². The third-order valence-electron chi connectivity index (χ3n) is 3.00. The molecule has 1 rings (SSSR count).